The zero-order valence-electron chi connectivity index (χ0n) is 22.2. The van der Waals surface area contributed by atoms with Gasteiger partial charge in [0, 0.05) is 31.6 Å². The molecule has 12 nitrogen and oxygen atoms in total. The van der Waals surface area contributed by atoms with Crippen LogP contribution in [0, 0.1) is 5.82 Å². The van der Waals surface area contributed by atoms with E-state index in [1.54, 1.807) is 22.8 Å². The molecule has 38 heavy (non-hydrogen) atoms. The van der Waals surface area contributed by atoms with Crippen LogP contribution >= 0.6 is 0 Å². The molecule has 1 unspecified atom stereocenters. The molecule has 1 heterocycles. The van der Waals surface area contributed by atoms with Gasteiger partial charge < -0.3 is 15.5 Å². The molecule has 0 spiro atoms. The second-order valence-electron chi connectivity index (χ2n) is 9.10. The van der Waals surface area contributed by atoms with Crippen LogP contribution in [0.3, 0.4) is 0 Å². The van der Waals surface area contributed by atoms with Gasteiger partial charge in [-0.1, -0.05) is 13.8 Å². The quantitative estimate of drug-likeness (QED) is 0.199. The number of hydrogen-bond acceptors (Lipinski definition) is 9. The van der Waals surface area contributed by atoms with Gasteiger partial charge in [0.2, 0.25) is 5.91 Å². The molecule has 0 saturated carbocycles. The second-order valence-corrected chi connectivity index (χ2v) is 9.10. The minimum absolute atomic E-state index is 0.0284. The first-order valence-electron chi connectivity index (χ1n) is 12.7. The van der Waals surface area contributed by atoms with Crippen LogP contribution < -0.4 is 16.2 Å². The predicted octanol–water partition coefficient (Wildman–Crippen LogP) is 1.37. The topological polar surface area (TPSA) is 159 Å². The highest BCUT2D eigenvalue weighted by Gasteiger charge is 2.26. The van der Waals surface area contributed by atoms with Crippen LogP contribution in [0.4, 0.5) is 4.39 Å². The first-order valence-corrected chi connectivity index (χ1v) is 12.7. The highest BCUT2D eigenvalue weighted by Crippen LogP contribution is 2.13. The van der Waals surface area contributed by atoms with Crippen molar-refractivity contribution in [3.05, 3.63) is 35.1 Å². The van der Waals surface area contributed by atoms with Crippen molar-refractivity contribution in [2.75, 3.05) is 32.7 Å². The Morgan fingerprint density at radius 3 is 2.37 bits per heavy atom. The van der Waals surface area contributed by atoms with Crippen molar-refractivity contribution in [3.63, 3.8) is 0 Å². The molecule has 0 aliphatic carbocycles. The number of hydrazone groups is 2. The highest BCUT2D eigenvalue weighted by atomic mass is 19.1. The molecular formula is C25H38FN7O5. The van der Waals surface area contributed by atoms with E-state index in [1.165, 1.54) is 12.1 Å². The fraction of sp³-hybridized carbons (Fsp3) is 0.560. The van der Waals surface area contributed by atoms with E-state index < -0.39 is 23.8 Å². The van der Waals surface area contributed by atoms with Gasteiger partial charge in [-0.25, -0.2) is 4.39 Å². The van der Waals surface area contributed by atoms with Gasteiger partial charge in [-0.3, -0.25) is 35.0 Å². The normalized spacial score (nSPS) is 13.8. The summed E-state index contributed by atoms with van der Waals surface area (Å²) in [7, 11) is 0. The first-order chi connectivity index (χ1) is 18.1. The van der Waals surface area contributed by atoms with E-state index in [-0.39, 0.29) is 31.8 Å². The summed E-state index contributed by atoms with van der Waals surface area (Å²) in [6, 6.07) is 3.39. The van der Waals surface area contributed by atoms with Gasteiger partial charge in [0.1, 0.15) is 17.7 Å². The Kier molecular flexibility index (Phi) is 12.6. The number of amidine groups is 2. The molecule has 2 rings (SSSR count). The predicted molar refractivity (Wildman–Crippen MR) is 141 cm³/mol. The van der Waals surface area contributed by atoms with E-state index in [2.05, 4.69) is 26.4 Å². The summed E-state index contributed by atoms with van der Waals surface area (Å²) in [5.74, 6) is -1.91. The fourth-order valence-corrected chi connectivity index (χ4v) is 4.12. The maximum Gasteiger partial charge on any atom is 0.320 e. The van der Waals surface area contributed by atoms with Crippen LogP contribution in [-0.4, -0.2) is 88.3 Å². The summed E-state index contributed by atoms with van der Waals surface area (Å²) in [6.07, 6.45) is 1.56. The van der Waals surface area contributed by atoms with Crippen molar-refractivity contribution in [2.24, 2.45) is 10.2 Å². The first kappa shape index (κ1) is 30.6. The Balaban J connectivity index is 1.95. The molecule has 1 amide bonds. The number of carbonyl (C=O) groups excluding carboxylic acids is 1. The maximum absolute atomic E-state index is 14.2. The summed E-state index contributed by atoms with van der Waals surface area (Å²) in [6.45, 7) is 7.46. The number of benzene rings is 1. The van der Waals surface area contributed by atoms with E-state index in [0.717, 1.165) is 6.42 Å². The van der Waals surface area contributed by atoms with Crippen molar-refractivity contribution in [2.45, 2.75) is 59.0 Å². The summed E-state index contributed by atoms with van der Waals surface area (Å²) in [5, 5.41) is 29.8. The van der Waals surface area contributed by atoms with Crippen LogP contribution in [-0.2, 0) is 20.9 Å². The van der Waals surface area contributed by atoms with Crippen molar-refractivity contribution in [1.29, 1.82) is 0 Å². The van der Waals surface area contributed by atoms with E-state index in [1.807, 2.05) is 13.8 Å². The van der Waals surface area contributed by atoms with Crippen LogP contribution in [0.5, 0.6) is 0 Å². The summed E-state index contributed by atoms with van der Waals surface area (Å²) < 4.78 is 14.2. The van der Waals surface area contributed by atoms with Crippen molar-refractivity contribution in [1.82, 2.24) is 26.0 Å². The zero-order valence-corrected chi connectivity index (χ0v) is 22.2. The van der Waals surface area contributed by atoms with Gasteiger partial charge in [-0.15, -0.1) is 0 Å². The largest absolute Gasteiger partial charge is 0.480 e. The Morgan fingerprint density at radius 2 is 1.76 bits per heavy atom. The number of carbonyl (C=O) groups is 3. The number of carboxylic acid groups (broad SMARTS) is 2. The van der Waals surface area contributed by atoms with E-state index >= 15 is 0 Å². The van der Waals surface area contributed by atoms with Crippen LogP contribution in [0.15, 0.2) is 28.4 Å². The number of nitrogens with one attached hydrogen (secondary N) is 3. The summed E-state index contributed by atoms with van der Waals surface area (Å²) >= 11 is 0. The lowest BCUT2D eigenvalue weighted by molar-refractivity contribution is -0.144. The Bertz CT molecular complexity index is 1030. The SMILES string of the molecule is CCCN(CCN(CCC)C(CCC(=O)NCc1cc(F)cc(C2=NNC(C)=NN2)c1)C(=O)O)CC(=O)O. The Labute approximate surface area is 221 Å². The average molecular weight is 536 g/mol. The number of hydrogen-bond donors (Lipinski definition) is 5. The van der Waals surface area contributed by atoms with Gasteiger partial charge in [0.15, 0.2) is 5.84 Å². The number of carboxylic acids is 2. The smallest absolute Gasteiger partial charge is 0.320 e. The molecule has 1 aromatic carbocycles. The standard InChI is InChI=1S/C25H38FN7O5/c1-4-8-32(16-23(35)36)10-11-33(9-5-2)21(25(37)38)6-7-22(34)27-15-18-12-19(14-20(26)13-18)24-30-28-17(3)29-31-24/h12-14,21H,4-11,15-16H2,1-3H3,(H,27,34)(H,28,29)(H,30,31)(H,35,36)(H,37,38). The molecule has 210 valence electrons. The number of halogens is 1. The lowest BCUT2D eigenvalue weighted by Gasteiger charge is -2.31. The highest BCUT2D eigenvalue weighted by molar-refractivity contribution is 6.01. The molecule has 13 heteroatoms. The molecule has 1 aliphatic heterocycles. The zero-order chi connectivity index (χ0) is 28.1. The minimum atomic E-state index is -1.03. The third-order valence-electron chi connectivity index (χ3n) is 5.86. The number of nitrogens with zero attached hydrogens (tertiary/aromatic N) is 4. The monoisotopic (exact) mass is 535 g/mol. The molecule has 5 N–H and O–H groups in total. The maximum atomic E-state index is 14.2. The Morgan fingerprint density at radius 1 is 1.03 bits per heavy atom. The van der Waals surface area contributed by atoms with E-state index in [0.29, 0.717) is 55.4 Å². The third kappa shape index (κ3) is 10.4. The molecule has 0 radical (unpaired) electrons. The van der Waals surface area contributed by atoms with Gasteiger partial charge >= 0.3 is 11.9 Å². The number of amides is 1. The van der Waals surface area contributed by atoms with Crippen LogP contribution in [0.25, 0.3) is 0 Å². The summed E-state index contributed by atoms with van der Waals surface area (Å²) in [4.78, 5) is 39.3. The van der Waals surface area contributed by atoms with Crippen molar-refractivity contribution in [3.8, 4) is 0 Å². The molecule has 0 saturated heterocycles. The van der Waals surface area contributed by atoms with Gasteiger partial charge in [-0.2, -0.15) is 10.2 Å². The van der Waals surface area contributed by atoms with Crippen LogP contribution in [0.1, 0.15) is 57.6 Å². The lowest BCUT2D eigenvalue weighted by Crippen LogP contribution is -2.46. The third-order valence-corrected chi connectivity index (χ3v) is 5.86. The molecule has 0 fully saturated rings. The number of rotatable bonds is 17. The molecule has 1 atom stereocenters. The lowest BCUT2D eigenvalue weighted by atomic mass is 10.1. The minimum Gasteiger partial charge on any atom is -0.480 e. The van der Waals surface area contributed by atoms with E-state index in [4.69, 9.17) is 5.11 Å². The van der Waals surface area contributed by atoms with Crippen molar-refractivity contribution < 1.29 is 29.0 Å². The molecule has 1 aromatic rings. The fourth-order valence-electron chi connectivity index (χ4n) is 4.12. The molecule has 0 aromatic heterocycles. The van der Waals surface area contributed by atoms with Gasteiger partial charge in [-0.05, 0) is 63.0 Å². The van der Waals surface area contributed by atoms with Crippen molar-refractivity contribution >= 4 is 29.5 Å². The summed E-state index contributed by atoms with van der Waals surface area (Å²) in [5.41, 5.74) is 6.41. The van der Waals surface area contributed by atoms with Gasteiger partial charge in [0.05, 0.1) is 6.54 Å². The molecule has 1 aliphatic rings. The van der Waals surface area contributed by atoms with Gasteiger partial charge in [0.25, 0.3) is 0 Å². The molecule has 0 bridgehead atoms. The van der Waals surface area contributed by atoms with Crippen LogP contribution in [0.2, 0.25) is 0 Å². The van der Waals surface area contributed by atoms with E-state index in [9.17, 15) is 23.9 Å². The second kappa shape index (κ2) is 15.6. The average Bonchev–Trinajstić information content (AvgIpc) is 2.85. The number of aliphatic carboxylic acids is 2. The molecular weight excluding hydrogens is 497 g/mol. The Hall–Kier alpha value is -3.58.